The third-order valence-corrected chi connectivity index (χ3v) is 6.18. The zero-order valence-corrected chi connectivity index (χ0v) is 12.8. The van der Waals surface area contributed by atoms with Crippen LogP contribution < -0.4 is 10.6 Å². The normalized spacial score (nSPS) is 28.1. The smallest absolute Gasteiger partial charge is 0.228 e. The van der Waals surface area contributed by atoms with Crippen LogP contribution in [-0.2, 0) is 19.4 Å². The summed E-state index contributed by atoms with van der Waals surface area (Å²) in [6.45, 7) is 2.50. The van der Waals surface area contributed by atoms with Crippen molar-refractivity contribution >= 4 is 15.7 Å². The van der Waals surface area contributed by atoms with Gasteiger partial charge in [0.1, 0.15) is 0 Å². The lowest BCUT2D eigenvalue weighted by molar-refractivity contribution is -0.136. The van der Waals surface area contributed by atoms with Gasteiger partial charge in [-0.15, -0.1) is 0 Å². The first-order valence-electron chi connectivity index (χ1n) is 7.16. The van der Waals surface area contributed by atoms with Gasteiger partial charge >= 0.3 is 0 Å². The maximum absolute atomic E-state index is 12.5. The van der Waals surface area contributed by atoms with Crippen molar-refractivity contribution in [2.75, 3.05) is 44.9 Å². The second kappa shape index (κ2) is 6.41. The molecule has 0 bridgehead atoms. The van der Waals surface area contributed by atoms with E-state index in [1.807, 2.05) is 0 Å². The Balaban J connectivity index is 1.89. The molecule has 1 atom stereocenters. The molecule has 20 heavy (non-hydrogen) atoms. The van der Waals surface area contributed by atoms with Gasteiger partial charge < -0.3 is 15.4 Å². The van der Waals surface area contributed by atoms with E-state index in [2.05, 4.69) is 10.6 Å². The number of carbonyl (C=O) groups is 1. The van der Waals surface area contributed by atoms with Crippen LogP contribution in [0.15, 0.2) is 0 Å². The molecule has 1 unspecified atom stereocenters. The fraction of sp³-hybridized carbons (Fsp3) is 0.923. The summed E-state index contributed by atoms with van der Waals surface area (Å²) in [7, 11) is -1.27. The number of hydrogen-bond acceptors (Lipinski definition) is 5. The van der Waals surface area contributed by atoms with Gasteiger partial charge in [-0.05, 0) is 38.3 Å². The predicted molar refractivity (Wildman–Crippen MR) is 76.2 cm³/mol. The average Bonchev–Trinajstić information content (AvgIpc) is 2.77. The highest BCUT2D eigenvalue weighted by Crippen LogP contribution is 2.29. The summed E-state index contributed by atoms with van der Waals surface area (Å²) in [5.41, 5.74) is -0.461. The molecule has 0 radical (unpaired) electrons. The van der Waals surface area contributed by atoms with E-state index < -0.39 is 15.3 Å². The highest BCUT2D eigenvalue weighted by molar-refractivity contribution is 7.91. The monoisotopic (exact) mass is 304 g/mol. The number of piperidine rings is 1. The quantitative estimate of drug-likeness (QED) is 0.719. The Labute approximate surface area is 120 Å². The van der Waals surface area contributed by atoms with Gasteiger partial charge in [0.15, 0.2) is 9.84 Å². The Morgan fingerprint density at radius 1 is 1.40 bits per heavy atom. The first kappa shape index (κ1) is 15.7. The van der Waals surface area contributed by atoms with Gasteiger partial charge in [-0.1, -0.05) is 0 Å². The second-order valence-electron chi connectivity index (χ2n) is 5.94. The maximum atomic E-state index is 12.5. The van der Waals surface area contributed by atoms with Gasteiger partial charge in [-0.25, -0.2) is 8.42 Å². The van der Waals surface area contributed by atoms with Crippen LogP contribution in [-0.4, -0.2) is 59.2 Å². The first-order chi connectivity index (χ1) is 9.47. The summed E-state index contributed by atoms with van der Waals surface area (Å²) < 4.78 is 28.0. The van der Waals surface area contributed by atoms with Crippen LogP contribution in [0.25, 0.3) is 0 Å². The van der Waals surface area contributed by atoms with Crippen molar-refractivity contribution in [1.29, 1.82) is 0 Å². The Morgan fingerprint density at radius 2 is 2.10 bits per heavy atom. The van der Waals surface area contributed by atoms with Crippen LogP contribution in [0.2, 0.25) is 0 Å². The Kier molecular flexibility index (Phi) is 5.04. The number of hydrogen-bond donors (Lipinski definition) is 2. The number of methoxy groups -OCH3 is 1. The van der Waals surface area contributed by atoms with Crippen molar-refractivity contribution in [1.82, 2.24) is 10.6 Å². The molecule has 2 N–H and O–H groups in total. The summed E-state index contributed by atoms with van der Waals surface area (Å²) in [5, 5.41) is 6.19. The summed E-state index contributed by atoms with van der Waals surface area (Å²) in [5.74, 6) is 0.516. The molecular formula is C13H24N2O4S. The summed E-state index contributed by atoms with van der Waals surface area (Å²) in [4.78, 5) is 12.5. The fourth-order valence-electron chi connectivity index (χ4n) is 3.08. The van der Waals surface area contributed by atoms with E-state index in [4.69, 9.17) is 4.74 Å². The van der Waals surface area contributed by atoms with E-state index in [0.29, 0.717) is 19.6 Å². The number of rotatable bonds is 5. The van der Waals surface area contributed by atoms with Crippen LogP contribution in [0.3, 0.4) is 0 Å². The minimum Gasteiger partial charge on any atom is -0.384 e. The molecule has 6 nitrogen and oxygen atoms in total. The molecule has 0 aromatic carbocycles. The van der Waals surface area contributed by atoms with Crippen LogP contribution in [0, 0.1) is 11.3 Å². The van der Waals surface area contributed by atoms with Crippen LogP contribution in [0.5, 0.6) is 0 Å². The molecule has 0 aromatic rings. The van der Waals surface area contributed by atoms with Crippen molar-refractivity contribution < 1.29 is 17.9 Å². The highest BCUT2D eigenvalue weighted by atomic mass is 32.2. The van der Waals surface area contributed by atoms with E-state index in [1.165, 1.54) is 0 Å². The molecule has 0 aliphatic carbocycles. The van der Waals surface area contributed by atoms with Gasteiger partial charge in [0.05, 0.1) is 23.5 Å². The third-order valence-electron chi connectivity index (χ3n) is 4.34. The first-order valence-corrected chi connectivity index (χ1v) is 8.98. The molecule has 0 aromatic heterocycles. The van der Waals surface area contributed by atoms with Crippen molar-refractivity contribution in [3.63, 3.8) is 0 Å². The van der Waals surface area contributed by atoms with Gasteiger partial charge in [-0.3, -0.25) is 4.79 Å². The van der Waals surface area contributed by atoms with Crippen molar-refractivity contribution in [2.24, 2.45) is 11.3 Å². The Hall–Kier alpha value is -0.660. The van der Waals surface area contributed by atoms with E-state index in [0.717, 1.165) is 25.9 Å². The van der Waals surface area contributed by atoms with E-state index in [-0.39, 0.29) is 23.3 Å². The molecule has 2 heterocycles. The van der Waals surface area contributed by atoms with Crippen LogP contribution in [0.4, 0.5) is 0 Å². The summed E-state index contributed by atoms with van der Waals surface area (Å²) in [6, 6.07) is 0. The van der Waals surface area contributed by atoms with Crippen molar-refractivity contribution in [3.05, 3.63) is 0 Å². The van der Waals surface area contributed by atoms with Gasteiger partial charge in [0, 0.05) is 13.7 Å². The lowest BCUT2D eigenvalue weighted by Crippen LogP contribution is -2.51. The minimum absolute atomic E-state index is 0.00477. The lowest BCUT2D eigenvalue weighted by Gasteiger charge is -2.35. The minimum atomic E-state index is -2.88. The molecule has 0 saturated carbocycles. The van der Waals surface area contributed by atoms with Gasteiger partial charge in [-0.2, -0.15) is 0 Å². The SMILES string of the molecule is COCC1(C(=O)NCC2CCS(=O)(=O)C2)CCNCC1. The standard InChI is InChI=1S/C13H24N2O4S/c1-19-10-13(3-5-14-6-4-13)12(16)15-8-11-2-7-20(17,18)9-11/h11,14H,2-10H2,1H3,(H,15,16). The predicted octanol–water partition coefficient (Wildman–Crippen LogP) is -0.446. The summed E-state index contributed by atoms with van der Waals surface area (Å²) >= 11 is 0. The fourth-order valence-corrected chi connectivity index (χ4v) is 4.94. The van der Waals surface area contributed by atoms with Crippen LogP contribution >= 0.6 is 0 Å². The number of amides is 1. The zero-order valence-electron chi connectivity index (χ0n) is 12.0. The molecule has 7 heteroatoms. The zero-order chi connectivity index (χ0) is 14.6. The van der Waals surface area contributed by atoms with E-state index in [9.17, 15) is 13.2 Å². The second-order valence-corrected chi connectivity index (χ2v) is 8.17. The third kappa shape index (κ3) is 3.71. The number of nitrogens with one attached hydrogen (secondary N) is 2. The number of sulfone groups is 1. The van der Waals surface area contributed by atoms with Gasteiger partial charge in [0.25, 0.3) is 0 Å². The number of carbonyl (C=O) groups excluding carboxylic acids is 1. The molecule has 2 saturated heterocycles. The Morgan fingerprint density at radius 3 is 2.65 bits per heavy atom. The Bertz CT molecular complexity index is 438. The summed E-state index contributed by atoms with van der Waals surface area (Å²) in [6.07, 6.45) is 2.17. The van der Waals surface area contributed by atoms with Crippen molar-refractivity contribution in [3.8, 4) is 0 Å². The highest BCUT2D eigenvalue weighted by Gasteiger charge is 2.40. The van der Waals surface area contributed by atoms with Gasteiger partial charge in [0.2, 0.25) is 5.91 Å². The molecule has 116 valence electrons. The average molecular weight is 304 g/mol. The van der Waals surface area contributed by atoms with E-state index in [1.54, 1.807) is 7.11 Å². The van der Waals surface area contributed by atoms with Crippen molar-refractivity contribution in [2.45, 2.75) is 19.3 Å². The molecule has 2 rings (SSSR count). The molecule has 2 fully saturated rings. The maximum Gasteiger partial charge on any atom is 0.228 e. The topological polar surface area (TPSA) is 84.5 Å². The van der Waals surface area contributed by atoms with Crippen LogP contribution in [0.1, 0.15) is 19.3 Å². The molecule has 2 aliphatic heterocycles. The van der Waals surface area contributed by atoms with E-state index >= 15 is 0 Å². The molecule has 0 spiro atoms. The molecular weight excluding hydrogens is 280 g/mol. The molecule has 2 aliphatic rings. The number of ether oxygens (including phenoxy) is 1. The largest absolute Gasteiger partial charge is 0.384 e. The lowest BCUT2D eigenvalue weighted by atomic mass is 9.78. The molecule has 1 amide bonds.